The summed E-state index contributed by atoms with van der Waals surface area (Å²) in [6.45, 7) is 0.338. The van der Waals surface area contributed by atoms with Crippen LogP contribution in [0.15, 0.2) is 42.6 Å². The van der Waals surface area contributed by atoms with Crippen LogP contribution in [0.1, 0.15) is 22.0 Å². The van der Waals surface area contributed by atoms with Crippen molar-refractivity contribution in [2.24, 2.45) is 5.73 Å². The molecule has 2 radical (unpaired) electrons. The molecule has 2 aromatic heterocycles. The van der Waals surface area contributed by atoms with Crippen LogP contribution in [-0.4, -0.2) is 33.5 Å². The molecule has 0 bridgehead atoms. The molecule has 25 heavy (non-hydrogen) atoms. The van der Waals surface area contributed by atoms with Gasteiger partial charge in [-0.3, -0.25) is 4.79 Å². The number of benzene rings is 1. The second-order valence-electron chi connectivity index (χ2n) is 5.09. The Labute approximate surface area is 144 Å². The summed E-state index contributed by atoms with van der Waals surface area (Å²) in [6, 6.07) is 12.2. The number of pyridine rings is 1. The van der Waals surface area contributed by atoms with Crippen molar-refractivity contribution >= 4 is 25.0 Å². The Balaban J connectivity index is 1.97. The molecule has 0 spiro atoms. The fourth-order valence-corrected chi connectivity index (χ4v) is 2.15. The Morgan fingerprint density at radius 2 is 2.20 bits per heavy atom. The highest BCUT2D eigenvalue weighted by atomic mass is 16.2. The van der Waals surface area contributed by atoms with E-state index >= 15 is 0 Å². The number of hydrogen-bond donors (Lipinski definition) is 2. The van der Waals surface area contributed by atoms with Crippen LogP contribution in [0.5, 0.6) is 0 Å². The van der Waals surface area contributed by atoms with E-state index in [9.17, 15) is 4.79 Å². The topological polar surface area (TPSA) is 123 Å². The molecule has 120 valence electrons. The molecule has 0 aliphatic rings. The van der Waals surface area contributed by atoms with E-state index in [2.05, 4.69) is 20.4 Å². The molecule has 0 unspecified atom stereocenters. The van der Waals surface area contributed by atoms with Crippen molar-refractivity contribution in [1.82, 2.24) is 19.7 Å². The first-order valence-corrected chi connectivity index (χ1v) is 7.30. The number of rotatable bonds is 4. The molecule has 1 aromatic carbocycles. The molecule has 1 amide bonds. The number of hydrogen-bond acceptors (Lipinski definition) is 6. The summed E-state index contributed by atoms with van der Waals surface area (Å²) >= 11 is 0. The zero-order chi connectivity index (χ0) is 17.8. The highest BCUT2D eigenvalue weighted by Crippen LogP contribution is 2.13. The summed E-state index contributed by atoms with van der Waals surface area (Å²) in [5, 5.41) is 15.7. The number of amides is 1. The fraction of sp³-hybridized carbons (Fsp3) is 0.0625. The largest absolute Gasteiger partial charge is 0.326 e. The van der Waals surface area contributed by atoms with Gasteiger partial charge in [0.25, 0.3) is 11.7 Å². The molecule has 3 rings (SSSR count). The Morgan fingerprint density at radius 3 is 2.88 bits per heavy atom. The number of aromatic nitrogens is 4. The lowest BCUT2D eigenvalue weighted by molar-refractivity contribution is 0.101. The van der Waals surface area contributed by atoms with Crippen molar-refractivity contribution in [3.8, 4) is 11.8 Å². The maximum atomic E-state index is 12.5. The van der Waals surface area contributed by atoms with Gasteiger partial charge in [-0.25, -0.2) is 9.67 Å². The molecule has 8 nitrogen and oxygen atoms in total. The predicted octanol–water partition coefficient (Wildman–Crippen LogP) is 0.0388. The third kappa shape index (κ3) is 3.54. The van der Waals surface area contributed by atoms with E-state index in [-0.39, 0.29) is 11.6 Å². The van der Waals surface area contributed by atoms with Gasteiger partial charge in [-0.2, -0.15) is 10.2 Å². The van der Waals surface area contributed by atoms with Crippen molar-refractivity contribution < 1.29 is 4.79 Å². The first kappa shape index (κ1) is 16.4. The number of nitrogens with zero attached hydrogens (tertiary/aromatic N) is 5. The van der Waals surface area contributed by atoms with Crippen LogP contribution >= 0.6 is 0 Å². The maximum absolute atomic E-state index is 12.5. The van der Waals surface area contributed by atoms with E-state index in [4.69, 9.17) is 18.8 Å². The average molecular weight is 329 g/mol. The van der Waals surface area contributed by atoms with Gasteiger partial charge in [-0.1, -0.05) is 23.7 Å². The van der Waals surface area contributed by atoms with Gasteiger partial charge in [0.1, 0.15) is 19.7 Å². The summed E-state index contributed by atoms with van der Waals surface area (Å²) in [4.78, 5) is 20.5. The van der Waals surface area contributed by atoms with E-state index < -0.39 is 5.91 Å². The molecular formula is C16H12BN7O. The lowest BCUT2D eigenvalue weighted by Crippen LogP contribution is -2.19. The Morgan fingerprint density at radius 1 is 1.36 bits per heavy atom. The van der Waals surface area contributed by atoms with Crippen LogP contribution in [0.4, 0.5) is 5.82 Å². The minimum Gasteiger partial charge on any atom is -0.326 e. The van der Waals surface area contributed by atoms with Gasteiger partial charge in [0, 0.05) is 12.7 Å². The molecule has 0 saturated carbocycles. The van der Waals surface area contributed by atoms with E-state index in [1.165, 1.54) is 10.9 Å². The number of nitriles is 1. The van der Waals surface area contributed by atoms with Crippen LogP contribution in [0.25, 0.3) is 5.69 Å². The van der Waals surface area contributed by atoms with Crippen LogP contribution in [0.2, 0.25) is 0 Å². The SMILES string of the molecule is [B]c1ccc(NC(=O)c2nc(C#N)nn2-c2cccc(CN)c2)nc1. The van der Waals surface area contributed by atoms with Crippen LogP contribution < -0.4 is 16.5 Å². The number of nitrogens with two attached hydrogens (primary N) is 1. The Hall–Kier alpha value is -3.51. The fourth-order valence-electron chi connectivity index (χ4n) is 2.15. The summed E-state index contributed by atoms with van der Waals surface area (Å²) in [7, 11) is 5.57. The minimum atomic E-state index is -0.551. The summed E-state index contributed by atoms with van der Waals surface area (Å²) in [5.74, 6) is -0.398. The van der Waals surface area contributed by atoms with Crippen molar-refractivity contribution in [2.45, 2.75) is 6.54 Å². The molecule has 0 fully saturated rings. The number of nitrogens with one attached hydrogen (secondary N) is 1. The van der Waals surface area contributed by atoms with Crippen molar-refractivity contribution in [3.63, 3.8) is 0 Å². The van der Waals surface area contributed by atoms with E-state index in [0.717, 1.165) is 5.56 Å². The van der Waals surface area contributed by atoms with Gasteiger partial charge < -0.3 is 11.1 Å². The number of anilines is 1. The molecular weight excluding hydrogens is 317 g/mol. The maximum Gasteiger partial charge on any atom is 0.294 e. The van der Waals surface area contributed by atoms with Crippen LogP contribution in [0.3, 0.4) is 0 Å². The van der Waals surface area contributed by atoms with Crippen molar-refractivity contribution in [1.29, 1.82) is 5.26 Å². The number of carbonyl (C=O) groups is 1. The summed E-state index contributed by atoms with van der Waals surface area (Å²) < 4.78 is 1.30. The Bertz CT molecular complexity index is 959. The Kier molecular flexibility index (Phi) is 4.54. The molecule has 0 aliphatic carbocycles. The van der Waals surface area contributed by atoms with E-state index in [1.54, 1.807) is 30.3 Å². The normalized spacial score (nSPS) is 10.2. The van der Waals surface area contributed by atoms with Gasteiger partial charge in [-0.05, 0) is 23.8 Å². The highest BCUT2D eigenvalue weighted by molar-refractivity contribution is 6.32. The third-order valence-electron chi connectivity index (χ3n) is 3.33. The predicted molar refractivity (Wildman–Crippen MR) is 91.5 cm³/mol. The first-order valence-electron chi connectivity index (χ1n) is 7.30. The lowest BCUT2D eigenvalue weighted by atomic mass is 9.99. The zero-order valence-electron chi connectivity index (χ0n) is 13.0. The summed E-state index contributed by atoms with van der Waals surface area (Å²) in [6.07, 6.45) is 1.42. The molecule has 3 aromatic rings. The third-order valence-corrected chi connectivity index (χ3v) is 3.33. The standard InChI is InChI=1S/C16H12BN7O/c17-11-4-5-13(20-9-11)22-16(25)15-21-14(8-19)23-24(15)12-3-1-2-10(6-12)7-18/h1-6,9H,7,18H2,(H,20,22,25). The average Bonchev–Trinajstić information content (AvgIpc) is 3.08. The second kappa shape index (κ2) is 6.94. The highest BCUT2D eigenvalue weighted by Gasteiger charge is 2.19. The van der Waals surface area contributed by atoms with Crippen molar-refractivity contribution in [3.05, 3.63) is 59.8 Å². The monoisotopic (exact) mass is 329 g/mol. The molecule has 0 atom stereocenters. The van der Waals surface area contributed by atoms with Gasteiger partial charge in [0.05, 0.1) is 5.69 Å². The smallest absolute Gasteiger partial charge is 0.294 e. The van der Waals surface area contributed by atoms with E-state index in [1.807, 2.05) is 12.1 Å². The zero-order valence-corrected chi connectivity index (χ0v) is 13.0. The van der Waals surface area contributed by atoms with Crippen molar-refractivity contribution in [2.75, 3.05) is 5.32 Å². The van der Waals surface area contributed by atoms with Crippen LogP contribution in [0, 0.1) is 11.3 Å². The molecule has 9 heteroatoms. The molecule has 3 N–H and O–H groups in total. The summed E-state index contributed by atoms with van der Waals surface area (Å²) in [5.41, 5.74) is 7.56. The van der Waals surface area contributed by atoms with Crippen LogP contribution in [-0.2, 0) is 6.54 Å². The molecule has 0 aliphatic heterocycles. The molecule has 2 heterocycles. The second-order valence-corrected chi connectivity index (χ2v) is 5.09. The first-order chi connectivity index (χ1) is 12.1. The van der Waals surface area contributed by atoms with E-state index in [0.29, 0.717) is 23.5 Å². The van der Waals surface area contributed by atoms with Gasteiger partial charge in [-0.15, -0.1) is 5.10 Å². The molecule has 0 saturated heterocycles. The number of carbonyl (C=O) groups excluding carboxylic acids is 1. The lowest BCUT2D eigenvalue weighted by Gasteiger charge is -2.08. The minimum absolute atomic E-state index is 0.0376. The van der Waals surface area contributed by atoms with Gasteiger partial charge in [0.2, 0.25) is 5.82 Å². The van der Waals surface area contributed by atoms with Gasteiger partial charge >= 0.3 is 0 Å². The quantitative estimate of drug-likeness (QED) is 0.652. The van der Waals surface area contributed by atoms with Gasteiger partial charge in [0.15, 0.2) is 0 Å².